The highest BCUT2D eigenvalue weighted by Crippen LogP contribution is 2.29. The maximum Gasteiger partial charge on any atom is 0.414 e. The second kappa shape index (κ2) is 6.92. The van der Waals surface area contributed by atoms with E-state index in [1.165, 1.54) is 0 Å². The Labute approximate surface area is 92.8 Å². The molecule has 0 rings (SSSR count). The molecule has 0 amide bonds. The smallest absolute Gasteiger partial charge is 0.208 e. The third-order valence-electron chi connectivity index (χ3n) is 0.807. The van der Waals surface area contributed by atoms with Gasteiger partial charge in [0.1, 0.15) is 0 Å². The highest BCUT2D eigenvalue weighted by Gasteiger charge is 2.44. The van der Waals surface area contributed by atoms with E-state index in [0.29, 0.717) is 0 Å². The zero-order valence-electron chi connectivity index (χ0n) is 7.39. The molecular weight excluding hydrogens is 297 g/mol. The largest absolute Gasteiger partial charge is 0.414 e. The van der Waals surface area contributed by atoms with Crippen LogP contribution in [0.4, 0.5) is 43.9 Å². The standard InChI is InChI=1S/C3H2ClF5.C3HF5/c4-1(2(5)6)3(7,8)9;4-2(5)1-3(6,7)8/h1-2H;1H. The van der Waals surface area contributed by atoms with Gasteiger partial charge in [-0.2, -0.15) is 35.1 Å². The average molecular weight is 301 g/mol. The van der Waals surface area contributed by atoms with Crippen molar-refractivity contribution in [3.63, 3.8) is 0 Å². The Hall–Kier alpha value is -0.670. The number of hydrogen-bond acceptors (Lipinski definition) is 0. The van der Waals surface area contributed by atoms with Gasteiger partial charge in [-0.15, -0.1) is 11.6 Å². The normalized spacial score (nSPS) is 13.9. The van der Waals surface area contributed by atoms with Gasteiger partial charge in [0, 0.05) is 0 Å². The fourth-order valence-electron chi connectivity index (χ4n) is 0.267. The van der Waals surface area contributed by atoms with Crippen molar-refractivity contribution < 1.29 is 43.9 Å². The molecule has 17 heavy (non-hydrogen) atoms. The predicted octanol–water partition coefficient (Wildman–Crippen LogP) is 4.75. The maximum absolute atomic E-state index is 11.1. The minimum atomic E-state index is -5.00. The SMILES string of the molecule is FC(F)=CC(F)(F)F.FC(F)C(Cl)C(F)(F)F. The monoisotopic (exact) mass is 300 g/mol. The van der Waals surface area contributed by atoms with Crippen molar-refractivity contribution in [3.8, 4) is 0 Å². The molecule has 0 bridgehead atoms. The molecule has 0 aliphatic rings. The molecule has 0 N–H and O–H groups in total. The maximum atomic E-state index is 11.1. The van der Waals surface area contributed by atoms with Crippen molar-refractivity contribution in [2.24, 2.45) is 0 Å². The molecule has 0 saturated heterocycles. The summed E-state index contributed by atoms with van der Waals surface area (Å²) in [5, 5.41) is -3.04. The summed E-state index contributed by atoms with van der Waals surface area (Å²) in [6, 6.07) is 0. The molecule has 0 heterocycles. The van der Waals surface area contributed by atoms with E-state index in [4.69, 9.17) is 0 Å². The summed E-state index contributed by atoms with van der Waals surface area (Å²) in [5.74, 6) is 0. The molecule has 0 fully saturated rings. The molecule has 1 unspecified atom stereocenters. The first-order valence-electron chi connectivity index (χ1n) is 3.37. The number of rotatable bonds is 1. The van der Waals surface area contributed by atoms with E-state index in [1.54, 1.807) is 0 Å². The van der Waals surface area contributed by atoms with Gasteiger partial charge in [-0.25, -0.2) is 8.78 Å². The van der Waals surface area contributed by atoms with Crippen LogP contribution in [0.1, 0.15) is 0 Å². The van der Waals surface area contributed by atoms with E-state index < -0.39 is 36.3 Å². The fraction of sp³-hybridized carbons (Fsp3) is 0.667. The minimum absolute atomic E-state index is 1.06. The topological polar surface area (TPSA) is 0 Å². The summed E-state index contributed by atoms with van der Waals surface area (Å²) in [4.78, 5) is 0. The molecule has 0 aromatic carbocycles. The summed E-state index contributed by atoms with van der Waals surface area (Å²) in [5.41, 5.74) is 0. The minimum Gasteiger partial charge on any atom is -0.208 e. The van der Waals surface area contributed by atoms with E-state index in [2.05, 4.69) is 11.6 Å². The predicted molar refractivity (Wildman–Crippen MR) is 38.1 cm³/mol. The van der Waals surface area contributed by atoms with E-state index in [9.17, 15) is 43.9 Å². The van der Waals surface area contributed by atoms with E-state index in [1.807, 2.05) is 0 Å². The van der Waals surface area contributed by atoms with Crippen LogP contribution in [0.15, 0.2) is 12.2 Å². The van der Waals surface area contributed by atoms with Crippen LogP contribution in [0, 0.1) is 0 Å². The van der Waals surface area contributed by atoms with Gasteiger partial charge in [0.2, 0.25) is 0 Å². The van der Waals surface area contributed by atoms with Crippen LogP contribution in [0.3, 0.4) is 0 Å². The molecule has 0 saturated carbocycles. The van der Waals surface area contributed by atoms with Crippen LogP contribution in [0.5, 0.6) is 0 Å². The number of halogens is 11. The van der Waals surface area contributed by atoms with E-state index >= 15 is 0 Å². The van der Waals surface area contributed by atoms with Crippen LogP contribution in [-0.4, -0.2) is 24.2 Å². The summed E-state index contributed by atoms with van der Waals surface area (Å²) >= 11 is 4.22. The molecule has 0 aliphatic carbocycles. The van der Waals surface area contributed by atoms with Gasteiger partial charge < -0.3 is 0 Å². The first-order chi connectivity index (χ1) is 7.27. The lowest BCUT2D eigenvalue weighted by molar-refractivity contribution is -0.153. The second-order valence-corrected chi connectivity index (χ2v) is 2.72. The van der Waals surface area contributed by atoms with Crippen LogP contribution < -0.4 is 0 Å². The summed E-state index contributed by atoms with van der Waals surface area (Å²) < 4.78 is 109. The molecule has 0 spiro atoms. The van der Waals surface area contributed by atoms with Crippen molar-refractivity contribution in [3.05, 3.63) is 12.2 Å². The Morgan fingerprint density at radius 2 is 1.29 bits per heavy atom. The molecular formula is C6H3ClF10. The van der Waals surface area contributed by atoms with Crippen molar-refractivity contribution >= 4 is 11.6 Å². The quantitative estimate of drug-likeness (QED) is 0.484. The Bertz CT molecular complexity index is 234. The van der Waals surface area contributed by atoms with Gasteiger partial charge in [-0.1, -0.05) is 0 Å². The lowest BCUT2D eigenvalue weighted by atomic mass is 10.4. The molecule has 11 heteroatoms. The molecule has 0 aromatic rings. The highest BCUT2D eigenvalue weighted by molar-refractivity contribution is 6.21. The molecule has 0 radical (unpaired) electrons. The zero-order valence-corrected chi connectivity index (χ0v) is 8.15. The molecule has 0 aliphatic heterocycles. The fourth-order valence-corrected chi connectivity index (χ4v) is 0.267. The van der Waals surface area contributed by atoms with Crippen LogP contribution in [0.2, 0.25) is 0 Å². The molecule has 0 aromatic heterocycles. The van der Waals surface area contributed by atoms with Gasteiger partial charge in [0.15, 0.2) is 5.38 Å². The van der Waals surface area contributed by atoms with Gasteiger partial charge in [-0.05, 0) is 0 Å². The summed E-state index contributed by atoms with van der Waals surface area (Å²) in [7, 11) is 0. The number of alkyl halides is 9. The van der Waals surface area contributed by atoms with Crippen LogP contribution in [0.25, 0.3) is 0 Å². The van der Waals surface area contributed by atoms with E-state index in [0.717, 1.165) is 0 Å². The van der Waals surface area contributed by atoms with Crippen molar-refractivity contribution in [1.29, 1.82) is 0 Å². The third kappa shape index (κ3) is 13.3. The molecule has 1 atom stereocenters. The second-order valence-electron chi connectivity index (χ2n) is 2.25. The van der Waals surface area contributed by atoms with E-state index in [-0.39, 0.29) is 0 Å². The first-order valence-corrected chi connectivity index (χ1v) is 3.80. The number of hydrogen-bond donors (Lipinski definition) is 0. The molecule has 0 nitrogen and oxygen atoms in total. The van der Waals surface area contributed by atoms with Crippen LogP contribution in [-0.2, 0) is 0 Å². The zero-order chi connectivity index (χ0) is 14.4. The lowest BCUT2D eigenvalue weighted by Gasteiger charge is -2.10. The highest BCUT2D eigenvalue weighted by atomic mass is 35.5. The number of allylic oxidation sites excluding steroid dienone is 1. The average Bonchev–Trinajstić information content (AvgIpc) is 1.96. The van der Waals surface area contributed by atoms with Crippen molar-refractivity contribution in [2.45, 2.75) is 24.2 Å². The Balaban J connectivity index is 0. The molecule has 104 valence electrons. The van der Waals surface area contributed by atoms with Gasteiger partial charge in [0.25, 0.3) is 12.5 Å². The lowest BCUT2D eigenvalue weighted by Crippen LogP contribution is -2.29. The third-order valence-corrected chi connectivity index (χ3v) is 1.24. The summed E-state index contributed by atoms with van der Waals surface area (Å²) in [6.07, 6.45) is -17.2. The Morgan fingerprint density at radius 1 is 0.941 bits per heavy atom. The van der Waals surface area contributed by atoms with Gasteiger partial charge >= 0.3 is 12.4 Å². The Morgan fingerprint density at radius 3 is 1.29 bits per heavy atom. The van der Waals surface area contributed by atoms with Crippen molar-refractivity contribution in [2.75, 3.05) is 0 Å². The first kappa shape index (κ1) is 18.7. The Kier molecular flexibility index (Phi) is 7.61. The van der Waals surface area contributed by atoms with Crippen molar-refractivity contribution in [1.82, 2.24) is 0 Å². The van der Waals surface area contributed by atoms with Crippen LogP contribution >= 0.6 is 11.6 Å². The summed E-state index contributed by atoms with van der Waals surface area (Å²) in [6.45, 7) is 0. The van der Waals surface area contributed by atoms with Gasteiger partial charge in [-0.3, -0.25) is 0 Å². The van der Waals surface area contributed by atoms with Gasteiger partial charge in [0.05, 0.1) is 6.08 Å².